The van der Waals surface area contributed by atoms with Crippen LogP contribution in [0.1, 0.15) is 5.56 Å². The van der Waals surface area contributed by atoms with Crippen LogP contribution in [0.2, 0.25) is 0 Å². The van der Waals surface area contributed by atoms with Gasteiger partial charge in [-0.2, -0.15) is 0 Å². The number of hydrogen-bond donors (Lipinski definition) is 1. The molecule has 0 saturated heterocycles. The number of ether oxygens (including phenoxy) is 2. The number of fused-ring (bicyclic) bond motifs is 2. The van der Waals surface area contributed by atoms with E-state index in [1.54, 1.807) is 17.7 Å². The molecule has 2 aromatic carbocycles. The minimum atomic E-state index is 0.263. The molecule has 5 nitrogen and oxygen atoms in total. The minimum Gasteiger partial charge on any atom is -0.454 e. The van der Waals surface area contributed by atoms with Crippen LogP contribution in [0.15, 0.2) is 54.2 Å². The number of aryl methyl sites for hydroxylation is 1. The van der Waals surface area contributed by atoms with Crippen molar-refractivity contribution in [3.63, 3.8) is 0 Å². The Hall–Kier alpha value is -3.12. The molecule has 6 heteroatoms. The SMILES string of the molecule is Cc1ccc(-c2csc3ncnc(Nc4ccc5c(c4)OCO5)c23)cc1. The molecule has 26 heavy (non-hydrogen) atoms. The van der Waals surface area contributed by atoms with E-state index in [1.807, 2.05) is 18.2 Å². The average Bonchev–Trinajstić information content (AvgIpc) is 3.29. The van der Waals surface area contributed by atoms with Gasteiger partial charge < -0.3 is 14.8 Å². The van der Waals surface area contributed by atoms with Crippen molar-refractivity contribution in [3.8, 4) is 22.6 Å². The van der Waals surface area contributed by atoms with Crippen molar-refractivity contribution >= 4 is 33.1 Å². The maximum atomic E-state index is 5.46. The highest BCUT2D eigenvalue weighted by atomic mass is 32.1. The molecule has 0 radical (unpaired) electrons. The first-order valence-corrected chi connectivity index (χ1v) is 9.12. The second-order valence-corrected chi connectivity index (χ2v) is 6.97. The predicted molar refractivity (Wildman–Crippen MR) is 103 cm³/mol. The lowest BCUT2D eigenvalue weighted by molar-refractivity contribution is 0.174. The molecule has 0 fully saturated rings. The van der Waals surface area contributed by atoms with Gasteiger partial charge in [0, 0.05) is 22.7 Å². The quantitative estimate of drug-likeness (QED) is 0.548. The molecule has 1 aliphatic rings. The van der Waals surface area contributed by atoms with E-state index in [-0.39, 0.29) is 6.79 Å². The van der Waals surface area contributed by atoms with Gasteiger partial charge in [0.2, 0.25) is 6.79 Å². The van der Waals surface area contributed by atoms with Crippen molar-refractivity contribution < 1.29 is 9.47 Å². The smallest absolute Gasteiger partial charge is 0.231 e. The molecule has 1 N–H and O–H groups in total. The first kappa shape index (κ1) is 15.2. The fraction of sp³-hybridized carbons (Fsp3) is 0.100. The summed E-state index contributed by atoms with van der Waals surface area (Å²) >= 11 is 1.62. The number of anilines is 2. The van der Waals surface area contributed by atoms with E-state index in [4.69, 9.17) is 9.47 Å². The van der Waals surface area contributed by atoms with E-state index in [0.717, 1.165) is 44.3 Å². The Labute approximate surface area is 154 Å². The summed E-state index contributed by atoms with van der Waals surface area (Å²) in [4.78, 5) is 9.87. The van der Waals surface area contributed by atoms with E-state index in [2.05, 4.69) is 51.9 Å². The van der Waals surface area contributed by atoms with E-state index >= 15 is 0 Å². The monoisotopic (exact) mass is 361 g/mol. The molecular formula is C20H15N3O2S. The zero-order valence-electron chi connectivity index (χ0n) is 14.0. The third-order valence-electron chi connectivity index (χ3n) is 4.37. The van der Waals surface area contributed by atoms with Crippen LogP contribution in [0.3, 0.4) is 0 Å². The minimum absolute atomic E-state index is 0.263. The van der Waals surface area contributed by atoms with E-state index in [0.29, 0.717) is 0 Å². The topological polar surface area (TPSA) is 56.3 Å². The second-order valence-electron chi connectivity index (χ2n) is 6.11. The third-order valence-corrected chi connectivity index (χ3v) is 5.25. The van der Waals surface area contributed by atoms with E-state index in [1.165, 1.54) is 5.56 Å². The molecule has 0 spiro atoms. The number of benzene rings is 2. The van der Waals surface area contributed by atoms with Crippen LogP contribution in [-0.2, 0) is 0 Å². The summed E-state index contributed by atoms with van der Waals surface area (Å²) in [5.41, 5.74) is 4.43. The van der Waals surface area contributed by atoms with Crippen molar-refractivity contribution in [2.45, 2.75) is 6.92 Å². The van der Waals surface area contributed by atoms with Gasteiger partial charge in [-0.15, -0.1) is 11.3 Å². The standard InChI is InChI=1S/C20H15N3O2S/c1-12-2-4-13(5-3-12)15-9-26-20-18(15)19(21-10-22-20)23-14-6-7-16-17(8-14)25-11-24-16/h2-10H,11H2,1H3,(H,21,22,23). The summed E-state index contributed by atoms with van der Waals surface area (Å²) in [6.07, 6.45) is 1.59. The van der Waals surface area contributed by atoms with E-state index < -0.39 is 0 Å². The number of nitrogens with one attached hydrogen (secondary N) is 1. The zero-order valence-corrected chi connectivity index (χ0v) is 14.8. The molecular weight excluding hydrogens is 346 g/mol. The van der Waals surface area contributed by atoms with Gasteiger partial charge in [-0.25, -0.2) is 9.97 Å². The first-order valence-electron chi connectivity index (χ1n) is 8.24. The van der Waals surface area contributed by atoms with Crippen LogP contribution in [0, 0.1) is 6.92 Å². The van der Waals surface area contributed by atoms with Gasteiger partial charge in [-0.3, -0.25) is 0 Å². The van der Waals surface area contributed by atoms with Gasteiger partial charge in [-0.05, 0) is 24.6 Å². The Kier molecular flexibility index (Phi) is 3.50. The Morgan fingerprint density at radius 3 is 2.73 bits per heavy atom. The van der Waals surface area contributed by atoms with Crippen molar-refractivity contribution in [3.05, 3.63) is 59.7 Å². The number of nitrogens with zero attached hydrogens (tertiary/aromatic N) is 2. The molecule has 0 unspecified atom stereocenters. The van der Waals surface area contributed by atoms with Crippen LogP contribution >= 0.6 is 11.3 Å². The van der Waals surface area contributed by atoms with Crippen LogP contribution in [0.5, 0.6) is 11.5 Å². The van der Waals surface area contributed by atoms with Crippen molar-refractivity contribution in [1.29, 1.82) is 0 Å². The molecule has 0 atom stereocenters. The van der Waals surface area contributed by atoms with Crippen LogP contribution in [0.25, 0.3) is 21.3 Å². The highest BCUT2D eigenvalue weighted by Crippen LogP contribution is 2.39. The Morgan fingerprint density at radius 1 is 1.00 bits per heavy atom. The maximum absolute atomic E-state index is 5.46. The van der Waals surface area contributed by atoms with Crippen molar-refractivity contribution in [2.24, 2.45) is 0 Å². The van der Waals surface area contributed by atoms with Crippen LogP contribution < -0.4 is 14.8 Å². The maximum Gasteiger partial charge on any atom is 0.231 e. The largest absolute Gasteiger partial charge is 0.454 e. The van der Waals surface area contributed by atoms with Gasteiger partial charge in [0.15, 0.2) is 11.5 Å². The first-order chi connectivity index (χ1) is 12.8. The Morgan fingerprint density at radius 2 is 1.85 bits per heavy atom. The average molecular weight is 361 g/mol. The Balaban J connectivity index is 1.59. The zero-order chi connectivity index (χ0) is 17.5. The fourth-order valence-electron chi connectivity index (χ4n) is 3.03. The molecule has 2 aromatic heterocycles. The normalized spacial score (nSPS) is 12.5. The summed E-state index contributed by atoms with van der Waals surface area (Å²) in [6, 6.07) is 14.3. The lowest BCUT2D eigenvalue weighted by Crippen LogP contribution is -1.95. The van der Waals surface area contributed by atoms with Crippen molar-refractivity contribution in [2.75, 3.05) is 12.1 Å². The summed E-state index contributed by atoms with van der Waals surface area (Å²) < 4.78 is 10.8. The highest BCUT2D eigenvalue weighted by Gasteiger charge is 2.16. The number of hydrogen-bond acceptors (Lipinski definition) is 6. The molecule has 0 bridgehead atoms. The second kappa shape index (κ2) is 6.00. The Bertz CT molecular complexity index is 1110. The number of thiophene rings is 1. The lowest BCUT2D eigenvalue weighted by Gasteiger charge is -2.09. The van der Waals surface area contributed by atoms with Gasteiger partial charge in [-0.1, -0.05) is 29.8 Å². The molecule has 0 aliphatic carbocycles. The lowest BCUT2D eigenvalue weighted by atomic mass is 10.0. The van der Waals surface area contributed by atoms with Crippen molar-refractivity contribution in [1.82, 2.24) is 9.97 Å². The van der Waals surface area contributed by atoms with Gasteiger partial charge in [0.1, 0.15) is 17.0 Å². The highest BCUT2D eigenvalue weighted by molar-refractivity contribution is 7.17. The molecule has 4 aromatic rings. The molecule has 128 valence electrons. The fourth-order valence-corrected chi connectivity index (χ4v) is 3.94. The van der Waals surface area contributed by atoms with Crippen LogP contribution in [-0.4, -0.2) is 16.8 Å². The summed E-state index contributed by atoms with van der Waals surface area (Å²) in [6.45, 7) is 2.35. The molecule has 1 aliphatic heterocycles. The van der Waals surface area contributed by atoms with Gasteiger partial charge in [0.05, 0.1) is 5.39 Å². The number of aromatic nitrogens is 2. The predicted octanol–water partition coefficient (Wildman–Crippen LogP) is 5.14. The molecule has 0 saturated carbocycles. The number of rotatable bonds is 3. The van der Waals surface area contributed by atoms with Crippen LogP contribution in [0.4, 0.5) is 11.5 Å². The summed E-state index contributed by atoms with van der Waals surface area (Å²) in [5.74, 6) is 2.29. The molecule has 3 heterocycles. The van der Waals surface area contributed by atoms with Gasteiger partial charge in [0.25, 0.3) is 0 Å². The van der Waals surface area contributed by atoms with Gasteiger partial charge >= 0.3 is 0 Å². The molecule has 0 amide bonds. The summed E-state index contributed by atoms with van der Waals surface area (Å²) in [5, 5.41) is 6.56. The third kappa shape index (κ3) is 2.55. The van der Waals surface area contributed by atoms with E-state index in [9.17, 15) is 0 Å². The molecule has 5 rings (SSSR count). The summed E-state index contributed by atoms with van der Waals surface area (Å²) in [7, 11) is 0.